The first-order chi connectivity index (χ1) is 13.5. The first kappa shape index (κ1) is 19.2. The van der Waals surface area contributed by atoms with Gasteiger partial charge in [-0.3, -0.25) is 4.79 Å². The van der Waals surface area contributed by atoms with Crippen LogP contribution in [-0.2, 0) is 21.7 Å². The monoisotopic (exact) mass is 389 g/mol. The molecular formula is C20H31N5O3. The lowest BCUT2D eigenvalue weighted by atomic mass is 9.88. The Morgan fingerprint density at radius 2 is 1.89 bits per heavy atom. The van der Waals surface area contributed by atoms with Gasteiger partial charge in [-0.25, -0.2) is 9.78 Å². The Bertz CT molecular complexity index is 717. The minimum Gasteiger partial charge on any atom is -0.354 e. The van der Waals surface area contributed by atoms with Crippen LogP contribution in [0.4, 0.5) is 4.79 Å². The van der Waals surface area contributed by atoms with Crippen molar-refractivity contribution in [2.45, 2.75) is 57.8 Å². The molecule has 1 unspecified atom stereocenters. The van der Waals surface area contributed by atoms with Crippen LogP contribution in [-0.4, -0.2) is 70.1 Å². The van der Waals surface area contributed by atoms with E-state index in [0.29, 0.717) is 44.9 Å². The fraction of sp³-hybridized carbons (Fsp3) is 0.750. The average molecular weight is 390 g/mol. The Labute approximate surface area is 166 Å². The maximum Gasteiger partial charge on any atom is 0.320 e. The zero-order valence-electron chi connectivity index (χ0n) is 16.9. The van der Waals surface area contributed by atoms with E-state index in [1.54, 1.807) is 6.20 Å². The van der Waals surface area contributed by atoms with E-state index in [1.807, 2.05) is 20.6 Å². The van der Waals surface area contributed by atoms with Crippen LogP contribution in [0.2, 0.25) is 0 Å². The molecule has 154 valence electrons. The van der Waals surface area contributed by atoms with Gasteiger partial charge in [0.1, 0.15) is 11.4 Å². The Morgan fingerprint density at radius 3 is 2.57 bits per heavy atom. The molecule has 3 amide bonds. The van der Waals surface area contributed by atoms with E-state index < -0.39 is 11.7 Å². The second-order valence-corrected chi connectivity index (χ2v) is 8.61. The van der Waals surface area contributed by atoms with Gasteiger partial charge in [-0.2, -0.15) is 0 Å². The largest absolute Gasteiger partial charge is 0.354 e. The normalized spacial score (nSPS) is 23.9. The fourth-order valence-corrected chi connectivity index (χ4v) is 4.46. The van der Waals surface area contributed by atoms with Gasteiger partial charge in [0.25, 0.3) is 5.91 Å². The predicted octanol–water partition coefficient (Wildman–Crippen LogP) is 1.56. The lowest BCUT2D eigenvalue weighted by Crippen LogP contribution is -2.56. The molecule has 1 aromatic rings. The number of carbonyl (C=O) groups excluding carboxylic acids is 2. The summed E-state index contributed by atoms with van der Waals surface area (Å²) in [4.78, 5) is 33.8. The third kappa shape index (κ3) is 3.62. The van der Waals surface area contributed by atoms with Crippen LogP contribution in [0.15, 0.2) is 12.4 Å². The maximum atomic E-state index is 12.7. The number of nitrogens with zero attached hydrogens (tertiary/aromatic N) is 4. The van der Waals surface area contributed by atoms with Crippen molar-refractivity contribution in [3.63, 3.8) is 0 Å². The molecule has 0 saturated carbocycles. The molecule has 0 aliphatic carbocycles. The number of carbonyl (C=O) groups is 2. The molecule has 1 spiro atoms. The smallest absolute Gasteiger partial charge is 0.320 e. The summed E-state index contributed by atoms with van der Waals surface area (Å²) in [6.45, 7) is 8.25. The SMILES string of the molecule is CC(C)CNC(=O)C1Cn2ccnc2C2(CCN(C(=O)N3CCCC3)CC2)O1. The summed E-state index contributed by atoms with van der Waals surface area (Å²) in [5.41, 5.74) is -0.594. The lowest BCUT2D eigenvalue weighted by Gasteiger charge is -2.46. The average Bonchev–Trinajstić information content (AvgIpc) is 3.38. The number of imidazole rings is 1. The number of rotatable bonds is 3. The molecule has 28 heavy (non-hydrogen) atoms. The van der Waals surface area contributed by atoms with Gasteiger partial charge in [0, 0.05) is 58.0 Å². The van der Waals surface area contributed by atoms with E-state index in [2.05, 4.69) is 24.1 Å². The molecule has 2 fully saturated rings. The van der Waals surface area contributed by atoms with E-state index in [4.69, 9.17) is 4.74 Å². The first-order valence-electron chi connectivity index (χ1n) is 10.5. The third-order valence-electron chi connectivity index (χ3n) is 6.05. The van der Waals surface area contributed by atoms with Gasteiger partial charge in [0.05, 0.1) is 6.54 Å². The Hall–Kier alpha value is -2.09. The molecule has 8 nitrogen and oxygen atoms in total. The molecule has 4 rings (SSSR count). The zero-order chi connectivity index (χ0) is 19.7. The molecule has 0 radical (unpaired) electrons. The molecule has 0 bridgehead atoms. The number of ether oxygens (including phenoxy) is 1. The van der Waals surface area contributed by atoms with E-state index in [-0.39, 0.29) is 11.9 Å². The highest BCUT2D eigenvalue weighted by atomic mass is 16.5. The Balaban J connectivity index is 1.46. The second kappa shape index (κ2) is 7.73. The van der Waals surface area contributed by atoms with Crippen LogP contribution in [0.3, 0.4) is 0 Å². The number of hydrogen-bond acceptors (Lipinski definition) is 4. The minimum atomic E-state index is -0.594. The number of piperidine rings is 1. The predicted molar refractivity (Wildman–Crippen MR) is 104 cm³/mol. The van der Waals surface area contributed by atoms with Crippen molar-refractivity contribution in [2.75, 3.05) is 32.7 Å². The number of fused-ring (bicyclic) bond motifs is 2. The molecule has 1 atom stereocenters. The van der Waals surface area contributed by atoms with Gasteiger partial charge in [-0.1, -0.05) is 13.8 Å². The Morgan fingerprint density at radius 1 is 1.21 bits per heavy atom. The number of likely N-dealkylation sites (tertiary alicyclic amines) is 2. The van der Waals surface area contributed by atoms with Crippen molar-refractivity contribution in [1.82, 2.24) is 24.7 Å². The molecule has 2 saturated heterocycles. The van der Waals surface area contributed by atoms with Crippen LogP contribution in [0.1, 0.15) is 45.4 Å². The summed E-state index contributed by atoms with van der Waals surface area (Å²) >= 11 is 0. The van der Waals surface area contributed by atoms with Gasteiger partial charge in [0.2, 0.25) is 0 Å². The van der Waals surface area contributed by atoms with Crippen molar-refractivity contribution in [1.29, 1.82) is 0 Å². The summed E-state index contributed by atoms with van der Waals surface area (Å²) in [7, 11) is 0. The number of urea groups is 1. The third-order valence-corrected chi connectivity index (χ3v) is 6.05. The van der Waals surface area contributed by atoms with E-state index >= 15 is 0 Å². The molecule has 3 aliphatic heterocycles. The van der Waals surface area contributed by atoms with Crippen LogP contribution < -0.4 is 5.32 Å². The van der Waals surface area contributed by atoms with E-state index in [9.17, 15) is 9.59 Å². The minimum absolute atomic E-state index is 0.0667. The van der Waals surface area contributed by atoms with Crippen molar-refractivity contribution >= 4 is 11.9 Å². The van der Waals surface area contributed by atoms with Crippen LogP contribution in [0.25, 0.3) is 0 Å². The van der Waals surface area contributed by atoms with Crippen LogP contribution in [0.5, 0.6) is 0 Å². The van der Waals surface area contributed by atoms with Crippen molar-refractivity contribution in [3.8, 4) is 0 Å². The van der Waals surface area contributed by atoms with Gasteiger partial charge in [-0.15, -0.1) is 0 Å². The highest BCUT2D eigenvalue weighted by molar-refractivity contribution is 5.81. The van der Waals surface area contributed by atoms with Crippen molar-refractivity contribution in [3.05, 3.63) is 18.2 Å². The number of nitrogens with one attached hydrogen (secondary N) is 1. The topological polar surface area (TPSA) is 79.7 Å². The van der Waals surface area contributed by atoms with Gasteiger partial charge in [-0.05, 0) is 18.8 Å². The van der Waals surface area contributed by atoms with Gasteiger partial charge >= 0.3 is 6.03 Å². The first-order valence-corrected chi connectivity index (χ1v) is 10.5. The van der Waals surface area contributed by atoms with Crippen molar-refractivity contribution < 1.29 is 14.3 Å². The molecule has 1 aromatic heterocycles. The molecule has 3 aliphatic rings. The summed E-state index contributed by atoms with van der Waals surface area (Å²) in [5, 5.41) is 2.99. The highest BCUT2D eigenvalue weighted by Crippen LogP contribution is 2.40. The highest BCUT2D eigenvalue weighted by Gasteiger charge is 2.48. The molecule has 0 aromatic carbocycles. The van der Waals surface area contributed by atoms with Gasteiger partial charge < -0.3 is 24.4 Å². The molecule has 4 heterocycles. The summed E-state index contributed by atoms with van der Waals surface area (Å²) in [6.07, 6.45) is 6.69. The van der Waals surface area contributed by atoms with E-state index in [0.717, 1.165) is 31.8 Å². The van der Waals surface area contributed by atoms with E-state index in [1.165, 1.54) is 0 Å². The summed E-state index contributed by atoms with van der Waals surface area (Å²) in [6, 6.07) is 0.137. The molecule has 1 N–H and O–H groups in total. The van der Waals surface area contributed by atoms with Gasteiger partial charge in [0.15, 0.2) is 6.10 Å². The Kier molecular flexibility index (Phi) is 5.31. The lowest BCUT2D eigenvalue weighted by molar-refractivity contribution is -0.172. The van der Waals surface area contributed by atoms with Crippen molar-refractivity contribution in [2.24, 2.45) is 5.92 Å². The number of hydrogen-bond donors (Lipinski definition) is 1. The van der Waals surface area contributed by atoms with Crippen LogP contribution in [0, 0.1) is 5.92 Å². The standard InChI is InChI=1S/C20H31N5O3/c1-15(2)13-22-17(26)16-14-25-12-7-21-18(25)20(28-16)5-10-24(11-6-20)19(27)23-8-3-4-9-23/h7,12,15-16H,3-6,8-11,13-14H2,1-2H3,(H,22,26). The fourth-order valence-electron chi connectivity index (χ4n) is 4.46. The zero-order valence-corrected chi connectivity index (χ0v) is 16.9. The number of amides is 3. The summed E-state index contributed by atoms with van der Waals surface area (Å²) < 4.78 is 8.44. The summed E-state index contributed by atoms with van der Waals surface area (Å²) in [5.74, 6) is 1.21. The maximum absolute atomic E-state index is 12.7. The van der Waals surface area contributed by atoms with Crippen LogP contribution >= 0.6 is 0 Å². The second-order valence-electron chi connectivity index (χ2n) is 8.61. The quantitative estimate of drug-likeness (QED) is 0.851. The molecule has 8 heteroatoms. The number of aromatic nitrogens is 2. The molecular weight excluding hydrogens is 358 g/mol.